The number of nitrogens with zero attached hydrogens (tertiary/aromatic N) is 3. The summed E-state index contributed by atoms with van der Waals surface area (Å²) in [5, 5.41) is 8.29. The number of morpholine rings is 1. The minimum Gasteiger partial charge on any atom is -0.425 e. The van der Waals surface area contributed by atoms with E-state index in [9.17, 15) is 9.59 Å². The highest BCUT2D eigenvalue weighted by Gasteiger charge is 2.39. The zero-order valence-corrected chi connectivity index (χ0v) is 15.2. The highest BCUT2D eigenvalue weighted by molar-refractivity contribution is 5.85. The quantitative estimate of drug-likeness (QED) is 0.800. The van der Waals surface area contributed by atoms with E-state index in [0.29, 0.717) is 50.8 Å². The van der Waals surface area contributed by atoms with Crippen LogP contribution in [-0.4, -0.2) is 52.6 Å². The van der Waals surface area contributed by atoms with E-state index in [1.807, 2.05) is 4.90 Å². The summed E-state index contributed by atoms with van der Waals surface area (Å²) in [4.78, 5) is 26.8. The normalized spacial score (nSPS) is 27.4. The Morgan fingerprint density at radius 1 is 1.15 bits per heavy atom. The Labute approximate surface area is 153 Å². The summed E-state index contributed by atoms with van der Waals surface area (Å²) in [5.74, 6) is 1.93. The van der Waals surface area contributed by atoms with Gasteiger partial charge in [0.2, 0.25) is 17.7 Å². The molecule has 142 valence electrons. The monoisotopic (exact) mass is 361 g/mol. The summed E-state index contributed by atoms with van der Waals surface area (Å²) in [7, 11) is 0. The second kappa shape index (κ2) is 7.86. The van der Waals surface area contributed by atoms with Crippen LogP contribution >= 0.6 is 0 Å². The van der Waals surface area contributed by atoms with E-state index >= 15 is 0 Å². The van der Waals surface area contributed by atoms with E-state index in [0.717, 1.165) is 31.6 Å². The third-order valence-corrected chi connectivity index (χ3v) is 6.04. The molecular formula is C19H27N3O4. The molecule has 3 fully saturated rings. The fourth-order valence-corrected chi connectivity index (χ4v) is 4.58. The van der Waals surface area contributed by atoms with Gasteiger partial charge in [0.25, 0.3) is 0 Å². The molecule has 1 aliphatic heterocycles. The SMILES string of the molecule is O=C1CCC[C@H]1[C@H]1COCCN1C(=O)CCc1nnc(C2CCCC2)o1. The molecule has 1 amide bonds. The van der Waals surface area contributed by atoms with Crippen molar-refractivity contribution in [2.24, 2.45) is 5.92 Å². The summed E-state index contributed by atoms with van der Waals surface area (Å²) in [6, 6.07) is -0.108. The van der Waals surface area contributed by atoms with E-state index < -0.39 is 0 Å². The van der Waals surface area contributed by atoms with Crippen molar-refractivity contribution in [1.82, 2.24) is 15.1 Å². The second-order valence-electron chi connectivity index (χ2n) is 7.71. The Bertz CT molecular complexity index is 653. The number of carbonyl (C=O) groups is 2. The number of hydrogen-bond donors (Lipinski definition) is 0. The van der Waals surface area contributed by atoms with E-state index in [2.05, 4.69) is 10.2 Å². The maximum absolute atomic E-state index is 12.8. The summed E-state index contributed by atoms with van der Waals surface area (Å²) in [5.41, 5.74) is 0. The largest absolute Gasteiger partial charge is 0.425 e. The summed E-state index contributed by atoms with van der Waals surface area (Å²) in [6.07, 6.45) is 7.90. The van der Waals surface area contributed by atoms with Gasteiger partial charge in [0.1, 0.15) is 5.78 Å². The maximum atomic E-state index is 12.8. The number of aryl methyl sites for hydroxylation is 1. The van der Waals surface area contributed by atoms with E-state index in [1.54, 1.807) is 0 Å². The molecule has 0 N–H and O–H groups in total. The Morgan fingerprint density at radius 2 is 2.00 bits per heavy atom. The van der Waals surface area contributed by atoms with Gasteiger partial charge in [-0.2, -0.15) is 0 Å². The number of ether oxygens (including phenoxy) is 1. The number of Topliss-reactive ketones (excluding diaryl/α,β-unsaturated/α-hetero) is 1. The minimum absolute atomic E-state index is 0.0543. The molecule has 7 heteroatoms. The lowest BCUT2D eigenvalue weighted by Crippen LogP contribution is -2.53. The first-order valence-corrected chi connectivity index (χ1v) is 9.94. The van der Waals surface area contributed by atoms with Crippen LogP contribution in [0, 0.1) is 5.92 Å². The number of carbonyl (C=O) groups excluding carboxylic acids is 2. The first kappa shape index (κ1) is 17.6. The van der Waals surface area contributed by atoms with Crippen LogP contribution in [0.4, 0.5) is 0 Å². The van der Waals surface area contributed by atoms with E-state index in [-0.39, 0.29) is 23.7 Å². The average molecular weight is 361 g/mol. The van der Waals surface area contributed by atoms with Crippen molar-refractivity contribution < 1.29 is 18.7 Å². The van der Waals surface area contributed by atoms with Crippen LogP contribution in [0.2, 0.25) is 0 Å². The van der Waals surface area contributed by atoms with Crippen LogP contribution in [0.3, 0.4) is 0 Å². The van der Waals surface area contributed by atoms with Crippen molar-refractivity contribution in [1.29, 1.82) is 0 Å². The van der Waals surface area contributed by atoms with Crippen molar-refractivity contribution in [3.8, 4) is 0 Å². The van der Waals surface area contributed by atoms with Gasteiger partial charge in [-0.3, -0.25) is 9.59 Å². The van der Waals surface area contributed by atoms with Crippen molar-refractivity contribution in [2.45, 2.75) is 69.7 Å². The number of amides is 1. The molecule has 1 aromatic heterocycles. The first-order chi connectivity index (χ1) is 12.7. The van der Waals surface area contributed by atoms with Gasteiger partial charge in [0, 0.05) is 37.6 Å². The highest BCUT2D eigenvalue weighted by atomic mass is 16.5. The first-order valence-electron chi connectivity index (χ1n) is 9.94. The number of hydrogen-bond acceptors (Lipinski definition) is 6. The van der Waals surface area contributed by atoms with Gasteiger partial charge in [0.15, 0.2) is 0 Å². The molecule has 0 bridgehead atoms. The molecule has 1 aromatic rings. The highest BCUT2D eigenvalue weighted by Crippen LogP contribution is 2.33. The molecule has 0 radical (unpaired) electrons. The topological polar surface area (TPSA) is 85.5 Å². The lowest BCUT2D eigenvalue weighted by molar-refractivity contribution is -0.144. The molecule has 2 atom stereocenters. The molecule has 26 heavy (non-hydrogen) atoms. The Balaban J connectivity index is 1.35. The minimum atomic E-state index is -0.108. The lowest BCUT2D eigenvalue weighted by Gasteiger charge is -2.38. The molecule has 7 nitrogen and oxygen atoms in total. The van der Waals surface area contributed by atoms with Gasteiger partial charge >= 0.3 is 0 Å². The van der Waals surface area contributed by atoms with Crippen LogP contribution in [-0.2, 0) is 20.7 Å². The van der Waals surface area contributed by atoms with Crippen molar-refractivity contribution >= 4 is 11.7 Å². The Morgan fingerprint density at radius 3 is 2.77 bits per heavy atom. The van der Waals surface area contributed by atoms with Gasteiger partial charge in [-0.25, -0.2) is 0 Å². The van der Waals surface area contributed by atoms with Crippen LogP contribution in [0.15, 0.2) is 4.42 Å². The predicted octanol–water partition coefficient (Wildman–Crippen LogP) is 2.26. The smallest absolute Gasteiger partial charge is 0.223 e. The molecule has 0 aromatic carbocycles. The van der Waals surface area contributed by atoms with Crippen molar-refractivity contribution in [3.05, 3.63) is 11.8 Å². The molecule has 0 spiro atoms. The van der Waals surface area contributed by atoms with E-state index in [4.69, 9.17) is 9.15 Å². The van der Waals surface area contributed by atoms with Crippen LogP contribution in [0.1, 0.15) is 69.1 Å². The molecular weight excluding hydrogens is 334 g/mol. The number of rotatable bonds is 5. The average Bonchev–Trinajstić information content (AvgIpc) is 3.41. The molecule has 2 heterocycles. The fraction of sp³-hybridized carbons (Fsp3) is 0.789. The van der Waals surface area contributed by atoms with Crippen LogP contribution < -0.4 is 0 Å². The molecule has 2 saturated carbocycles. The molecule has 4 rings (SSSR count). The van der Waals surface area contributed by atoms with Gasteiger partial charge < -0.3 is 14.1 Å². The molecule has 1 saturated heterocycles. The second-order valence-corrected chi connectivity index (χ2v) is 7.71. The van der Waals surface area contributed by atoms with Crippen molar-refractivity contribution in [3.63, 3.8) is 0 Å². The summed E-state index contributed by atoms with van der Waals surface area (Å²) < 4.78 is 11.3. The standard InChI is InChI=1S/C19H27N3O4/c23-16-7-3-6-14(16)15-12-25-11-10-22(15)18(24)9-8-17-20-21-19(26-17)13-4-1-2-5-13/h13-15H,1-12H2/t14-,15+/m0/s1. The number of aromatic nitrogens is 2. The van der Waals surface area contributed by atoms with Crippen LogP contribution in [0.25, 0.3) is 0 Å². The lowest BCUT2D eigenvalue weighted by atomic mass is 9.95. The molecule has 0 unspecified atom stereocenters. The zero-order chi connectivity index (χ0) is 17.9. The van der Waals surface area contributed by atoms with Gasteiger partial charge in [0.05, 0.1) is 19.3 Å². The predicted molar refractivity (Wildman–Crippen MR) is 92.5 cm³/mol. The Kier molecular flexibility index (Phi) is 5.33. The fourth-order valence-electron chi connectivity index (χ4n) is 4.58. The summed E-state index contributed by atoms with van der Waals surface area (Å²) >= 11 is 0. The molecule has 3 aliphatic rings. The van der Waals surface area contributed by atoms with Crippen molar-refractivity contribution in [2.75, 3.05) is 19.8 Å². The van der Waals surface area contributed by atoms with Gasteiger partial charge in [-0.15, -0.1) is 10.2 Å². The molecule has 2 aliphatic carbocycles. The Hall–Kier alpha value is -1.76. The van der Waals surface area contributed by atoms with Crippen LogP contribution in [0.5, 0.6) is 0 Å². The summed E-state index contributed by atoms with van der Waals surface area (Å²) in [6.45, 7) is 1.56. The van der Waals surface area contributed by atoms with Gasteiger partial charge in [-0.05, 0) is 25.7 Å². The maximum Gasteiger partial charge on any atom is 0.223 e. The third kappa shape index (κ3) is 3.68. The third-order valence-electron chi connectivity index (χ3n) is 6.04. The van der Waals surface area contributed by atoms with E-state index in [1.165, 1.54) is 12.8 Å². The van der Waals surface area contributed by atoms with Gasteiger partial charge in [-0.1, -0.05) is 12.8 Å². The zero-order valence-electron chi connectivity index (χ0n) is 15.2. The number of ketones is 1.